The van der Waals surface area contributed by atoms with Crippen LogP contribution in [0.3, 0.4) is 0 Å². The van der Waals surface area contributed by atoms with Gasteiger partial charge in [-0.15, -0.1) is 0 Å². The standard InChI is InChI=1S/C16H25N5O16P2.2Na/c17-16-19-13-8(14(29)20-16)18-4-21(13)15-12(28)11(27)7(35-15)3-34-39(33,37-38(30,31)32)36-6(2-23)10(26)9(25)5(24)1-22;;/h1,4-7,9-12,15,23-28H,2-3H2,(H2,30,31,32)(H3,17,19,20,29);;/q;2*+1/p-2/t5-,6-,7-,9-,10-,11-,12-,15-,39?;;/m1../s1. The number of aromatic nitrogens is 4. The number of phosphoric acid groups is 2. The first-order chi connectivity index (χ1) is 18.1. The van der Waals surface area contributed by atoms with E-state index in [1.54, 1.807) is 0 Å². The Morgan fingerprint density at radius 1 is 1.20 bits per heavy atom. The van der Waals surface area contributed by atoms with Crippen molar-refractivity contribution in [2.75, 3.05) is 18.9 Å². The number of nitrogens with two attached hydrogens (primary N) is 1. The van der Waals surface area contributed by atoms with Crippen molar-refractivity contribution in [2.45, 2.75) is 49.0 Å². The summed E-state index contributed by atoms with van der Waals surface area (Å²) in [5.74, 6) is -0.316. The number of rotatable bonds is 13. The number of nitrogens with zero attached hydrogens (tertiary/aromatic N) is 3. The van der Waals surface area contributed by atoms with Crippen molar-refractivity contribution in [3.63, 3.8) is 0 Å². The van der Waals surface area contributed by atoms with Crippen molar-refractivity contribution < 1.29 is 132 Å². The first kappa shape index (κ1) is 38.8. The molecular weight excluding hydrogens is 626 g/mol. The fourth-order valence-electron chi connectivity index (χ4n) is 3.46. The Kier molecular flexibility index (Phi) is 14.9. The monoisotopic (exact) mass is 649 g/mol. The predicted octanol–water partition coefficient (Wildman–Crippen LogP) is -12.0. The summed E-state index contributed by atoms with van der Waals surface area (Å²) in [6, 6.07) is 0. The number of imidazole rings is 1. The Balaban J connectivity index is 0.00000420. The third-order valence-electron chi connectivity index (χ3n) is 5.32. The van der Waals surface area contributed by atoms with E-state index in [9.17, 15) is 59.1 Å². The van der Waals surface area contributed by atoms with Crippen molar-refractivity contribution in [3.05, 3.63) is 16.7 Å². The SMILES string of the molecule is Nc1nc2c(ncn2[C@@H]2O[C@H](COP(=O)(O[C@H](CO)[C@@H](O)[C@H](O)[C@H](O)C=O)OP(=O)([O-])[O-])[C@@H](O)[C@H]2O)c(=O)[nH]1.[Na+].[Na+]. The molecule has 1 aliphatic heterocycles. The van der Waals surface area contributed by atoms with Crippen LogP contribution in [0.5, 0.6) is 0 Å². The van der Waals surface area contributed by atoms with E-state index in [4.69, 9.17) is 15.0 Å². The van der Waals surface area contributed by atoms with Gasteiger partial charge in [0.1, 0.15) is 42.7 Å². The average molecular weight is 649 g/mol. The predicted molar refractivity (Wildman–Crippen MR) is 117 cm³/mol. The minimum absolute atomic E-state index is 0. The zero-order chi connectivity index (χ0) is 29.3. The number of anilines is 1. The Hall–Kier alpha value is -0.200. The number of H-pyrrole nitrogens is 1. The van der Waals surface area contributed by atoms with E-state index in [1.165, 1.54) is 0 Å². The van der Waals surface area contributed by atoms with Crippen LogP contribution in [0.1, 0.15) is 6.23 Å². The van der Waals surface area contributed by atoms with E-state index in [0.717, 1.165) is 10.9 Å². The molecule has 41 heavy (non-hydrogen) atoms. The van der Waals surface area contributed by atoms with Gasteiger partial charge in [-0.1, -0.05) is 0 Å². The molecule has 2 aromatic heterocycles. The van der Waals surface area contributed by atoms with E-state index < -0.39 is 83.4 Å². The second-order valence-corrected chi connectivity index (χ2v) is 10.9. The number of aromatic amines is 1. The number of nitrogen functional groups attached to an aromatic ring is 1. The molecule has 9 atom stereocenters. The summed E-state index contributed by atoms with van der Waals surface area (Å²) in [6.45, 7) is -2.46. The molecule has 1 saturated heterocycles. The molecule has 2 aromatic rings. The average Bonchev–Trinajstić information content (AvgIpc) is 3.39. The van der Waals surface area contributed by atoms with Gasteiger partial charge in [-0.05, 0) is 0 Å². The van der Waals surface area contributed by atoms with Gasteiger partial charge in [0.25, 0.3) is 5.56 Å². The van der Waals surface area contributed by atoms with Crippen LogP contribution in [0.25, 0.3) is 11.2 Å². The fourth-order valence-corrected chi connectivity index (χ4v) is 5.69. The molecule has 0 aromatic carbocycles. The van der Waals surface area contributed by atoms with Crippen LogP contribution in [0.2, 0.25) is 0 Å². The van der Waals surface area contributed by atoms with Crippen molar-refractivity contribution in [2.24, 2.45) is 0 Å². The zero-order valence-corrected chi connectivity index (χ0v) is 27.1. The Labute approximate surface area is 273 Å². The number of aliphatic hydroxyl groups excluding tert-OH is 6. The zero-order valence-electron chi connectivity index (χ0n) is 21.3. The van der Waals surface area contributed by atoms with E-state index in [-0.39, 0.29) is 82.5 Å². The van der Waals surface area contributed by atoms with Crippen molar-refractivity contribution >= 4 is 39.0 Å². The molecule has 220 valence electrons. The molecular formula is C16H23N5Na2O16P2. The number of hydrogen-bond acceptors (Lipinski definition) is 19. The number of ether oxygens (including phenoxy) is 1. The van der Waals surface area contributed by atoms with Crippen LogP contribution in [0.4, 0.5) is 5.95 Å². The fraction of sp³-hybridized carbons (Fsp3) is 0.625. The number of phosphoric ester groups is 1. The maximum Gasteiger partial charge on any atom is 1.00 e. The van der Waals surface area contributed by atoms with Crippen molar-refractivity contribution in [1.82, 2.24) is 19.5 Å². The van der Waals surface area contributed by atoms with Gasteiger partial charge < -0.3 is 60.3 Å². The van der Waals surface area contributed by atoms with Gasteiger partial charge in [0, 0.05) is 0 Å². The van der Waals surface area contributed by atoms with Crippen LogP contribution in [0.15, 0.2) is 11.1 Å². The molecule has 0 radical (unpaired) electrons. The molecule has 1 fully saturated rings. The molecule has 0 saturated carbocycles. The largest absolute Gasteiger partial charge is 1.00 e. The minimum atomic E-state index is -6.17. The summed E-state index contributed by atoms with van der Waals surface area (Å²) < 4.78 is 43.7. The first-order valence-electron chi connectivity index (χ1n) is 10.6. The van der Waals surface area contributed by atoms with E-state index >= 15 is 0 Å². The van der Waals surface area contributed by atoms with Gasteiger partial charge in [-0.2, -0.15) is 4.98 Å². The molecule has 21 nitrogen and oxygen atoms in total. The van der Waals surface area contributed by atoms with Crippen LogP contribution < -0.4 is 80.2 Å². The van der Waals surface area contributed by atoms with Crippen LogP contribution in [0, 0.1) is 0 Å². The molecule has 3 heterocycles. The van der Waals surface area contributed by atoms with Gasteiger partial charge >= 0.3 is 66.9 Å². The number of fused-ring (bicyclic) bond motifs is 1. The van der Waals surface area contributed by atoms with Gasteiger partial charge in [0.15, 0.2) is 23.7 Å². The molecule has 1 aliphatic rings. The van der Waals surface area contributed by atoms with Gasteiger partial charge in [-0.25, -0.2) is 9.55 Å². The van der Waals surface area contributed by atoms with Crippen LogP contribution >= 0.6 is 15.6 Å². The topological polar surface area (TPSA) is 345 Å². The Bertz CT molecular complexity index is 1330. The normalized spacial score (nSPS) is 25.4. The summed E-state index contributed by atoms with van der Waals surface area (Å²) in [7, 11) is -11.8. The first-order valence-corrected chi connectivity index (χ1v) is 13.5. The third-order valence-corrected chi connectivity index (χ3v) is 7.92. The van der Waals surface area contributed by atoms with Gasteiger partial charge in [0.05, 0.1) is 27.4 Å². The number of carbonyl (C=O) groups is 1. The molecule has 9 N–H and O–H groups in total. The Morgan fingerprint density at radius 2 is 1.83 bits per heavy atom. The van der Waals surface area contributed by atoms with Crippen LogP contribution in [-0.4, -0.2) is 112 Å². The minimum Gasteiger partial charge on any atom is -0.789 e. The van der Waals surface area contributed by atoms with E-state index in [2.05, 4.69) is 23.8 Å². The van der Waals surface area contributed by atoms with E-state index in [1.807, 2.05) is 0 Å². The second kappa shape index (κ2) is 15.7. The summed E-state index contributed by atoms with van der Waals surface area (Å²) in [6.07, 6.45) is -15.2. The molecule has 0 spiro atoms. The van der Waals surface area contributed by atoms with E-state index in [0.29, 0.717) is 0 Å². The molecule has 0 amide bonds. The quantitative estimate of drug-likeness (QED) is 0.0567. The Morgan fingerprint density at radius 3 is 2.39 bits per heavy atom. The number of aldehydes is 1. The third kappa shape index (κ3) is 9.40. The van der Waals surface area contributed by atoms with Gasteiger partial charge in [0.2, 0.25) is 5.95 Å². The summed E-state index contributed by atoms with van der Waals surface area (Å²) in [5, 5.41) is 59.3. The summed E-state index contributed by atoms with van der Waals surface area (Å²) >= 11 is 0. The van der Waals surface area contributed by atoms with Crippen LogP contribution in [-0.2, 0) is 32.0 Å². The maximum absolute atomic E-state index is 12.9. The summed E-state index contributed by atoms with van der Waals surface area (Å²) in [5.41, 5.74) is 4.40. The van der Waals surface area contributed by atoms with Crippen molar-refractivity contribution in [3.8, 4) is 0 Å². The number of hydrogen-bond donors (Lipinski definition) is 8. The number of nitrogens with one attached hydrogen (secondary N) is 1. The molecule has 25 heteroatoms. The second-order valence-electron chi connectivity index (χ2n) is 8.03. The summed E-state index contributed by atoms with van der Waals surface area (Å²) in [4.78, 5) is 54.8. The maximum atomic E-state index is 12.9. The smallest absolute Gasteiger partial charge is 0.789 e. The van der Waals surface area contributed by atoms with Gasteiger partial charge in [-0.3, -0.25) is 27.7 Å². The molecule has 0 aliphatic carbocycles. The number of carbonyl (C=O) groups excluding carboxylic acids is 1. The number of aliphatic hydroxyl groups is 6. The molecule has 3 rings (SSSR count). The molecule has 1 unspecified atom stereocenters. The molecule has 0 bridgehead atoms. The van der Waals surface area contributed by atoms with Crippen molar-refractivity contribution in [1.29, 1.82) is 0 Å².